The number of anilines is 3. The van der Waals surface area contributed by atoms with Crippen molar-refractivity contribution in [1.29, 1.82) is 0 Å². The SMILES string of the molecule is COc1cc2ncnc(Nc3ccc(F)c(Cl)c3)c2cc1NC(=O)C=CCN1CCSC2CCCC21. The predicted molar refractivity (Wildman–Crippen MR) is 144 cm³/mol. The van der Waals surface area contributed by atoms with Gasteiger partial charge in [0.15, 0.2) is 0 Å². The van der Waals surface area contributed by atoms with Crippen LogP contribution in [0.25, 0.3) is 10.9 Å². The van der Waals surface area contributed by atoms with Crippen molar-refractivity contribution in [2.24, 2.45) is 0 Å². The number of thioether (sulfide) groups is 1. The molecule has 1 saturated carbocycles. The standard InChI is InChI=1S/C26H27ClFN5O2S/c1-35-23-14-20-17(26(30-15-29-20)31-16-7-8-19(28)18(27)12-16)13-21(23)32-25(34)6-3-9-33-10-11-36-24-5-2-4-22(24)33/h3,6-8,12-15,22,24H,2,4-5,9-11H2,1H3,(H,32,34)(H,29,30,31). The van der Waals surface area contributed by atoms with Gasteiger partial charge in [0.1, 0.15) is 23.7 Å². The number of aromatic nitrogens is 2. The zero-order valence-corrected chi connectivity index (χ0v) is 21.4. The number of fused-ring (bicyclic) bond motifs is 2. The Bertz CT molecular complexity index is 1310. The topological polar surface area (TPSA) is 79.4 Å². The van der Waals surface area contributed by atoms with Crippen LogP contribution in [0.3, 0.4) is 0 Å². The minimum Gasteiger partial charge on any atom is -0.494 e. The highest BCUT2D eigenvalue weighted by Crippen LogP contribution is 2.37. The molecule has 7 nitrogen and oxygen atoms in total. The number of nitrogens with zero attached hydrogens (tertiary/aromatic N) is 3. The van der Waals surface area contributed by atoms with Gasteiger partial charge in [0.05, 0.1) is 23.3 Å². The Kier molecular flexibility index (Phi) is 7.59. The summed E-state index contributed by atoms with van der Waals surface area (Å²) in [6, 6.07) is 8.46. The molecule has 2 aromatic carbocycles. The molecule has 1 aliphatic carbocycles. The molecule has 0 radical (unpaired) electrons. The third-order valence-electron chi connectivity index (χ3n) is 6.60. The van der Waals surface area contributed by atoms with Crippen LogP contribution in [0.2, 0.25) is 5.02 Å². The van der Waals surface area contributed by atoms with Gasteiger partial charge in [0.25, 0.3) is 0 Å². The fourth-order valence-electron chi connectivity index (χ4n) is 4.86. The molecule has 1 aliphatic heterocycles. The number of methoxy groups -OCH3 is 1. The quantitative estimate of drug-likeness (QED) is 0.385. The van der Waals surface area contributed by atoms with Gasteiger partial charge in [-0.2, -0.15) is 11.8 Å². The normalized spacial score (nSPS) is 20.0. The van der Waals surface area contributed by atoms with E-state index in [1.165, 1.54) is 37.7 Å². The van der Waals surface area contributed by atoms with E-state index in [9.17, 15) is 9.18 Å². The second-order valence-corrected chi connectivity index (χ2v) is 10.6. The zero-order valence-electron chi connectivity index (χ0n) is 19.8. The van der Waals surface area contributed by atoms with Gasteiger partial charge < -0.3 is 15.4 Å². The highest BCUT2D eigenvalue weighted by molar-refractivity contribution is 8.00. The Morgan fingerprint density at radius 3 is 3.03 bits per heavy atom. The molecule has 2 unspecified atom stereocenters. The zero-order chi connectivity index (χ0) is 25.1. The number of carbonyl (C=O) groups is 1. The number of halogens is 2. The van der Waals surface area contributed by atoms with Gasteiger partial charge in [-0.1, -0.05) is 24.1 Å². The van der Waals surface area contributed by atoms with Crippen molar-refractivity contribution in [3.8, 4) is 5.75 Å². The van der Waals surface area contributed by atoms with Crippen LogP contribution < -0.4 is 15.4 Å². The molecule has 10 heteroatoms. The Balaban J connectivity index is 1.32. The molecule has 2 heterocycles. The largest absolute Gasteiger partial charge is 0.494 e. The number of carbonyl (C=O) groups excluding carboxylic acids is 1. The molecule has 3 aromatic rings. The van der Waals surface area contributed by atoms with Gasteiger partial charge in [-0.05, 0) is 37.1 Å². The summed E-state index contributed by atoms with van der Waals surface area (Å²) in [5.74, 6) is 1.39. The summed E-state index contributed by atoms with van der Waals surface area (Å²) in [6.07, 6.45) is 8.77. The maximum atomic E-state index is 13.6. The van der Waals surface area contributed by atoms with Gasteiger partial charge in [-0.15, -0.1) is 0 Å². The summed E-state index contributed by atoms with van der Waals surface area (Å²) < 4.78 is 19.1. The van der Waals surface area contributed by atoms with Crippen molar-refractivity contribution in [2.45, 2.75) is 30.6 Å². The average molecular weight is 528 g/mol. The summed E-state index contributed by atoms with van der Waals surface area (Å²) in [6.45, 7) is 1.83. The number of rotatable bonds is 7. The monoisotopic (exact) mass is 527 g/mol. The van der Waals surface area contributed by atoms with Gasteiger partial charge in [0.2, 0.25) is 5.91 Å². The van der Waals surface area contributed by atoms with Crippen LogP contribution in [0.1, 0.15) is 19.3 Å². The van der Waals surface area contributed by atoms with Crippen LogP contribution in [-0.4, -0.2) is 58.0 Å². The van der Waals surface area contributed by atoms with Crippen LogP contribution in [0.5, 0.6) is 5.75 Å². The molecule has 188 valence electrons. The third-order valence-corrected chi connectivity index (χ3v) is 8.29. The van der Waals surface area contributed by atoms with Crippen molar-refractivity contribution in [2.75, 3.05) is 36.6 Å². The number of ether oxygens (including phenoxy) is 1. The van der Waals surface area contributed by atoms with Gasteiger partial charge in [0, 0.05) is 53.4 Å². The summed E-state index contributed by atoms with van der Waals surface area (Å²) in [5.41, 5.74) is 1.70. The fourth-order valence-corrected chi connectivity index (χ4v) is 6.55. The molecule has 2 aliphatic rings. The summed E-state index contributed by atoms with van der Waals surface area (Å²) in [5, 5.41) is 7.47. The van der Waals surface area contributed by atoms with Crippen LogP contribution in [0.4, 0.5) is 21.6 Å². The average Bonchev–Trinajstić information content (AvgIpc) is 3.36. The minimum atomic E-state index is -0.500. The van der Waals surface area contributed by atoms with E-state index < -0.39 is 5.82 Å². The number of benzene rings is 2. The van der Waals surface area contributed by atoms with Crippen LogP contribution in [0.15, 0.2) is 48.8 Å². The molecule has 1 amide bonds. The maximum Gasteiger partial charge on any atom is 0.248 e. The van der Waals surface area contributed by atoms with E-state index in [1.807, 2.05) is 6.08 Å². The first-order chi connectivity index (χ1) is 17.5. The van der Waals surface area contributed by atoms with Crippen LogP contribution in [-0.2, 0) is 4.79 Å². The Labute approximate surface area is 218 Å². The predicted octanol–water partition coefficient (Wildman–Crippen LogP) is 5.64. The molecule has 0 spiro atoms. The molecule has 1 aromatic heterocycles. The van der Waals surface area contributed by atoms with Crippen molar-refractivity contribution >= 4 is 57.4 Å². The lowest BCUT2D eigenvalue weighted by Crippen LogP contribution is -2.44. The smallest absolute Gasteiger partial charge is 0.248 e. The van der Waals surface area contributed by atoms with E-state index >= 15 is 0 Å². The molecule has 5 rings (SSSR count). The maximum absolute atomic E-state index is 13.6. The number of nitrogens with one attached hydrogen (secondary N) is 2. The highest BCUT2D eigenvalue weighted by Gasteiger charge is 2.34. The molecule has 2 atom stereocenters. The van der Waals surface area contributed by atoms with E-state index in [1.54, 1.807) is 31.4 Å². The highest BCUT2D eigenvalue weighted by atomic mass is 35.5. The Hall–Kier alpha value is -2.88. The fraction of sp³-hybridized carbons (Fsp3) is 0.346. The Morgan fingerprint density at radius 1 is 1.31 bits per heavy atom. The molecule has 0 bridgehead atoms. The summed E-state index contributed by atoms with van der Waals surface area (Å²) >= 11 is 8.00. The lowest BCUT2D eigenvalue weighted by molar-refractivity contribution is -0.111. The molecule has 36 heavy (non-hydrogen) atoms. The second-order valence-electron chi connectivity index (χ2n) is 8.84. The second kappa shape index (κ2) is 11.0. The summed E-state index contributed by atoms with van der Waals surface area (Å²) in [4.78, 5) is 23.9. The first-order valence-electron chi connectivity index (χ1n) is 11.9. The van der Waals surface area contributed by atoms with E-state index in [0.717, 1.165) is 24.1 Å². The minimum absolute atomic E-state index is 0.00605. The van der Waals surface area contributed by atoms with E-state index in [4.69, 9.17) is 16.3 Å². The third kappa shape index (κ3) is 5.43. The van der Waals surface area contributed by atoms with Crippen LogP contribution >= 0.6 is 23.4 Å². The summed E-state index contributed by atoms with van der Waals surface area (Å²) in [7, 11) is 1.54. The van der Waals surface area contributed by atoms with E-state index in [2.05, 4.69) is 37.3 Å². The van der Waals surface area contributed by atoms with Crippen LogP contribution in [0, 0.1) is 5.82 Å². The molecular weight excluding hydrogens is 501 g/mol. The molecule has 1 saturated heterocycles. The molecule has 2 N–H and O–H groups in total. The molecule has 2 fully saturated rings. The Morgan fingerprint density at radius 2 is 2.19 bits per heavy atom. The van der Waals surface area contributed by atoms with Gasteiger partial charge in [-0.3, -0.25) is 9.69 Å². The van der Waals surface area contributed by atoms with Gasteiger partial charge >= 0.3 is 0 Å². The van der Waals surface area contributed by atoms with Gasteiger partial charge in [-0.25, -0.2) is 14.4 Å². The van der Waals surface area contributed by atoms with Crippen molar-refractivity contribution in [3.63, 3.8) is 0 Å². The number of amides is 1. The molecular formula is C26H27ClFN5O2S. The first-order valence-corrected chi connectivity index (χ1v) is 13.3. The number of hydrogen-bond acceptors (Lipinski definition) is 7. The van der Waals surface area contributed by atoms with E-state index in [-0.39, 0.29) is 10.9 Å². The lowest BCUT2D eigenvalue weighted by atomic mass is 10.1. The van der Waals surface area contributed by atoms with Crippen molar-refractivity contribution in [3.05, 3.63) is 59.7 Å². The number of hydrogen-bond donors (Lipinski definition) is 2. The van der Waals surface area contributed by atoms with E-state index in [0.29, 0.717) is 39.9 Å². The first kappa shape index (κ1) is 24.8. The lowest BCUT2D eigenvalue weighted by Gasteiger charge is -2.36. The van der Waals surface area contributed by atoms with Crippen molar-refractivity contribution in [1.82, 2.24) is 14.9 Å². The van der Waals surface area contributed by atoms with Crippen molar-refractivity contribution < 1.29 is 13.9 Å².